The fraction of sp³-hybridized carbons (Fsp3) is 0.278. The lowest BCUT2D eigenvalue weighted by Gasteiger charge is -2.21. The van der Waals surface area contributed by atoms with E-state index in [0.717, 1.165) is 22.0 Å². The highest BCUT2D eigenvalue weighted by atomic mass is 35.5. The van der Waals surface area contributed by atoms with E-state index in [1.54, 1.807) is 32.0 Å². The molecule has 1 N–H and O–H groups in total. The van der Waals surface area contributed by atoms with Gasteiger partial charge in [0.15, 0.2) is 0 Å². The number of aryl methyl sites for hydroxylation is 1. The molecule has 0 aromatic heterocycles. The van der Waals surface area contributed by atoms with Crippen molar-refractivity contribution in [3.8, 4) is 5.75 Å². The number of benzene rings is 2. The molecule has 0 heterocycles. The Labute approximate surface area is 162 Å². The van der Waals surface area contributed by atoms with E-state index in [1.807, 2.05) is 0 Å². The van der Waals surface area contributed by atoms with E-state index in [-0.39, 0.29) is 17.2 Å². The Balaban J connectivity index is 2.25. The molecule has 0 bridgehead atoms. The van der Waals surface area contributed by atoms with Crippen molar-refractivity contribution in [2.24, 2.45) is 0 Å². The predicted molar refractivity (Wildman–Crippen MR) is 102 cm³/mol. The number of ether oxygens (including phenoxy) is 1. The van der Waals surface area contributed by atoms with Crippen LogP contribution in [0.15, 0.2) is 41.3 Å². The average molecular weight is 415 g/mol. The molecule has 0 saturated carbocycles. The number of carbonyl (C=O) groups excluding carboxylic acids is 1. The van der Waals surface area contributed by atoms with Crippen molar-refractivity contribution in [3.63, 3.8) is 0 Å². The first-order chi connectivity index (χ1) is 12.7. The van der Waals surface area contributed by atoms with Crippen LogP contribution in [-0.2, 0) is 14.8 Å². The summed E-state index contributed by atoms with van der Waals surface area (Å²) >= 11 is 5.89. The van der Waals surface area contributed by atoms with E-state index in [2.05, 4.69) is 5.32 Å². The van der Waals surface area contributed by atoms with Gasteiger partial charge in [-0.25, -0.2) is 12.8 Å². The zero-order valence-electron chi connectivity index (χ0n) is 15.1. The van der Waals surface area contributed by atoms with Gasteiger partial charge >= 0.3 is 0 Å². The van der Waals surface area contributed by atoms with Gasteiger partial charge in [0.2, 0.25) is 15.9 Å². The SMILES string of the molecule is CCN(CC(=O)Nc1ccc(Cl)cc1C)S(=O)(=O)c1cc(F)ccc1OC. The van der Waals surface area contributed by atoms with Gasteiger partial charge < -0.3 is 10.1 Å². The summed E-state index contributed by atoms with van der Waals surface area (Å²) in [6.45, 7) is 2.95. The summed E-state index contributed by atoms with van der Waals surface area (Å²) in [5.74, 6) is -1.24. The van der Waals surface area contributed by atoms with Gasteiger partial charge in [-0.05, 0) is 48.9 Å². The Kier molecular flexibility index (Phi) is 6.80. The Hall–Kier alpha value is -2.16. The van der Waals surface area contributed by atoms with Crippen LogP contribution in [-0.4, -0.2) is 38.8 Å². The van der Waals surface area contributed by atoms with Gasteiger partial charge in [0.05, 0.1) is 13.7 Å². The molecule has 146 valence electrons. The van der Waals surface area contributed by atoms with Crippen LogP contribution >= 0.6 is 11.6 Å². The van der Waals surface area contributed by atoms with Gasteiger partial charge in [-0.2, -0.15) is 4.31 Å². The van der Waals surface area contributed by atoms with Crippen LogP contribution in [0, 0.1) is 12.7 Å². The summed E-state index contributed by atoms with van der Waals surface area (Å²) in [6.07, 6.45) is 0. The number of carbonyl (C=O) groups is 1. The fourth-order valence-electron chi connectivity index (χ4n) is 2.48. The maximum Gasteiger partial charge on any atom is 0.247 e. The zero-order chi connectivity index (χ0) is 20.2. The van der Waals surface area contributed by atoms with Gasteiger partial charge in [0.1, 0.15) is 16.5 Å². The highest BCUT2D eigenvalue weighted by molar-refractivity contribution is 7.89. The first kappa shape index (κ1) is 21.1. The van der Waals surface area contributed by atoms with Crippen molar-refractivity contribution in [1.29, 1.82) is 0 Å². The molecular formula is C18H20ClFN2O4S. The third-order valence-corrected chi connectivity index (χ3v) is 6.06. The lowest BCUT2D eigenvalue weighted by molar-refractivity contribution is -0.116. The number of hydrogen-bond acceptors (Lipinski definition) is 4. The van der Waals surface area contributed by atoms with Crippen molar-refractivity contribution in [2.75, 3.05) is 25.5 Å². The maximum absolute atomic E-state index is 13.6. The van der Waals surface area contributed by atoms with E-state index < -0.39 is 28.3 Å². The third kappa shape index (κ3) is 4.97. The molecule has 0 radical (unpaired) electrons. The van der Waals surface area contributed by atoms with E-state index in [4.69, 9.17) is 16.3 Å². The molecule has 0 unspecified atom stereocenters. The van der Waals surface area contributed by atoms with Crippen LogP contribution in [0.5, 0.6) is 5.75 Å². The number of nitrogens with zero attached hydrogens (tertiary/aromatic N) is 1. The van der Waals surface area contributed by atoms with E-state index in [9.17, 15) is 17.6 Å². The van der Waals surface area contributed by atoms with Crippen LogP contribution in [0.25, 0.3) is 0 Å². The first-order valence-electron chi connectivity index (χ1n) is 8.08. The normalized spacial score (nSPS) is 11.5. The molecule has 2 rings (SSSR count). The largest absolute Gasteiger partial charge is 0.495 e. The highest BCUT2D eigenvalue weighted by Gasteiger charge is 2.29. The lowest BCUT2D eigenvalue weighted by Crippen LogP contribution is -2.38. The number of hydrogen-bond donors (Lipinski definition) is 1. The number of rotatable bonds is 7. The molecule has 2 aromatic rings. The molecular weight excluding hydrogens is 395 g/mol. The standard InChI is InChI=1S/C18H20ClFN2O4S/c1-4-22(11-18(23)21-15-7-5-13(19)9-12(15)2)27(24,25)17-10-14(20)6-8-16(17)26-3/h5-10H,4,11H2,1-3H3,(H,21,23). The fourth-order valence-corrected chi connectivity index (χ4v) is 4.27. The second kappa shape index (κ2) is 8.69. The second-order valence-electron chi connectivity index (χ2n) is 5.73. The number of methoxy groups -OCH3 is 1. The highest BCUT2D eigenvalue weighted by Crippen LogP contribution is 2.27. The third-order valence-electron chi connectivity index (χ3n) is 3.88. The van der Waals surface area contributed by atoms with Crippen LogP contribution in [0.1, 0.15) is 12.5 Å². The molecule has 0 aliphatic carbocycles. The smallest absolute Gasteiger partial charge is 0.247 e. The molecule has 6 nitrogen and oxygen atoms in total. The molecule has 0 atom stereocenters. The van der Waals surface area contributed by atoms with Crippen molar-refractivity contribution in [3.05, 3.63) is 52.8 Å². The minimum Gasteiger partial charge on any atom is -0.495 e. The molecule has 9 heteroatoms. The van der Waals surface area contributed by atoms with Crippen LogP contribution in [0.4, 0.5) is 10.1 Å². The van der Waals surface area contributed by atoms with E-state index >= 15 is 0 Å². The van der Waals surface area contributed by atoms with E-state index in [1.165, 1.54) is 13.2 Å². The molecule has 0 aliphatic heterocycles. The van der Waals surface area contributed by atoms with E-state index in [0.29, 0.717) is 10.7 Å². The monoisotopic (exact) mass is 414 g/mol. The molecule has 27 heavy (non-hydrogen) atoms. The number of anilines is 1. The summed E-state index contributed by atoms with van der Waals surface area (Å²) in [4.78, 5) is 12.0. The average Bonchev–Trinajstić information content (AvgIpc) is 2.61. The summed E-state index contributed by atoms with van der Waals surface area (Å²) in [5, 5.41) is 3.19. The summed E-state index contributed by atoms with van der Waals surface area (Å²) in [6, 6.07) is 8.14. The number of sulfonamides is 1. The molecule has 0 saturated heterocycles. The van der Waals surface area contributed by atoms with Crippen molar-refractivity contribution >= 4 is 33.2 Å². The van der Waals surface area contributed by atoms with Crippen LogP contribution in [0.2, 0.25) is 5.02 Å². The first-order valence-corrected chi connectivity index (χ1v) is 9.90. The minimum absolute atomic E-state index is 0.00352. The molecule has 0 fully saturated rings. The topological polar surface area (TPSA) is 75.7 Å². The molecule has 0 spiro atoms. The Morgan fingerprint density at radius 1 is 1.26 bits per heavy atom. The van der Waals surface area contributed by atoms with Crippen LogP contribution in [0.3, 0.4) is 0 Å². The van der Waals surface area contributed by atoms with Crippen molar-refractivity contribution < 1.29 is 22.3 Å². The van der Waals surface area contributed by atoms with Crippen molar-refractivity contribution in [1.82, 2.24) is 4.31 Å². The predicted octanol–water partition coefficient (Wildman–Crippen LogP) is 3.45. The van der Waals surface area contributed by atoms with Gasteiger partial charge in [0, 0.05) is 17.3 Å². The van der Waals surface area contributed by atoms with Crippen molar-refractivity contribution in [2.45, 2.75) is 18.7 Å². The zero-order valence-corrected chi connectivity index (χ0v) is 16.7. The Bertz CT molecular complexity index is 950. The minimum atomic E-state index is -4.13. The number of likely N-dealkylation sites (N-methyl/N-ethyl adjacent to an activating group) is 1. The summed E-state index contributed by atoms with van der Waals surface area (Å²) < 4.78 is 45.3. The second-order valence-corrected chi connectivity index (χ2v) is 8.08. The van der Waals surface area contributed by atoms with Crippen LogP contribution < -0.4 is 10.1 Å². The quantitative estimate of drug-likeness (QED) is 0.753. The maximum atomic E-state index is 13.6. The summed E-state index contributed by atoms with van der Waals surface area (Å²) in [7, 11) is -2.84. The van der Waals surface area contributed by atoms with Gasteiger partial charge in [-0.3, -0.25) is 4.79 Å². The number of halogens is 2. The molecule has 0 aliphatic rings. The Morgan fingerprint density at radius 3 is 2.56 bits per heavy atom. The lowest BCUT2D eigenvalue weighted by atomic mass is 10.2. The Morgan fingerprint density at radius 2 is 1.96 bits per heavy atom. The van der Waals surface area contributed by atoms with Gasteiger partial charge in [-0.15, -0.1) is 0 Å². The summed E-state index contributed by atoms with van der Waals surface area (Å²) in [5.41, 5.74) is 1.27. The number of amides is 1. The van der Waals surface area contributed by atoms with Gasteiger partial charge in [-0.1, -0.05) is 18.5 Å². The molecule has 2 aromatic carbocycles. The molecule has 1 amide bonds. The van der Waals surface area contributed by atoms with Gasteiger partial charge in [0.25, 0.3) is 0 Å². The number of nitrogens with one attached hydrogen (secondary N) is 1.